The Morgan fingerprint density at radius 2 is 1.91 bits per heavy atom. The van der Waals surface area contributed by atoms with Crippen molar-refractivity contribution in [3.05, 3.63) is 76.1 Å². The van der Waals surface area contributed by atoms with Crippen LogP contribution in [0.15, 0.2) is 53.6 Å². The number of hydrogen-bond donors (Lipinski definition) is 1. The van der Waals surface area contributed by atoms with Crippen LogP contribution in [0, 0.1) is 0 Å². The minimum atomic E-state index is -4.72. The maximum absolute atomic E-state index is 13.6. The van der Waals surface area contributed by atoms with Gasteiger partial charge >= 0.3 is 6.18 Å². The van der Waals surface area contributed by atoms with Gasteiger partial charge in [0, 0.05) is 18.9 Å². The van der Waals surface area contributed by atoms with Crippen LogP contribution in [-0.4, -0.2) is 36.5 Å². The number of anilines is 2. The molecule has 0 spiro atoms. The maximum Gasteiger partial charge on any atom is 0.418 e. The molecule has 1 unspecified atom stereocenters. The largest absolute Gasteiger partial charge is 0.418 e. The molecule has 0 saturated carbocycles. The Morgan fingerprint density at radius 1 is 1.18 bits per heavy atom. The molecule has 4 heterocycles. The fourth-order valence-corrected chi connectivity index (χ4v) is 4.12. The molecule has 2 N–H and O–H groups in total. The third-order valence-electron chi connectivity index (χ3n) is 5.79. The van der Waals surface area contributed by atoms with E-state index >= 15 is 0 Å². The zero-order chi connectivity index (χ0) is 24.2. The summed E-state index contributed by atoms with van der Waals surface area (Å²) in [6.45, 7) is 1.85. The number of nitrogens with zero attached hydrogens (tertiary/aromatic N) is 6. The first kappa shape index (κ1) is 21.6. The molecular weight excluding hydrogens is 451 g/mol. The van der Waals surface area contributed by atoms with E-state index in [0.717, 1.165) is 16.8 Å². The van der Waals surface area contributed by atoms with E-state index in [0.29, 0.717) is 18.7 Å². The summed E-state index contributed by atoms with van der Waals surface area (Å²) < 4.78 is 42.9. The van der Waals surface area contributed by atoms with E-state index in [1.54, 1.807) is 35.2 Å². The number of carbonyl (C=O) groups is 1. The van der Waals surface area contributed by atoms with Gasteiger partial charge in [0.15, 0.2) is 11.6 Å². The van der Waals surface area contributed by atoms with Gasteiger partial charge in [-0.25, -0.2) is 9.50 Å². The predicted molar refractivity (Wildman–Crippen MR) is 117 cm³/mol. The molecule has 4 aromatic rings. The van der Waals surface area contributed by atoms with E-state index < -0.39 is 28.9 Å². The number of rotatable bonds is 4. The van der Waals surface area contributed by atoms with E-state index in [2.05, 4.69) is 15.1 Å². The molecule has 0 amide bonds. The normalized spacial score (nSPS) is 16.0. The van der Waals surface area contributed by atoms with Crippen LogP contribution in [0.1, 0.15) is 41.1 Å². The van der Waals surface area contributed by atoms with Crippen LogP contribution in [0.25, 0.3) is 11.2 Å². The van der Waals surface area contributed by atoms with Gasteiger partial charge in [-0.15, -0.1) is 0 Å². The standard InChI is InChI=1S/C22H18F3N7O2/c1-12(33)14-11-27-21(26)28-18(14)30-9-8-16(30)19-29-31-10-7-15(22(23,24)25)17(31)20(34)32(19)13-5-3-2-4-6-13/h2-7,10-11,16H,8-9H2,1H3,(H2,26,27,28). The lowest BCUT2D eigenvalue weighted by Gasteiger charge is -2.42. The first-order valence-corrected chi connectivity index (χ1v) is 10.3. The van der Waals surface area contributed by atoms with Gasteiger partial charge < -0.3 is 10.6 Å². The molecule has 0 radical (unpaired) electrons. The van der Waals surface area contributed by atoms with Crippen molar-refractivity contribution in [3.63, 3.8) is 0 Å². The topological polar surface area (TPSA) is 111 Å². The minimum Gasteiger partial charge on any atom is -0.368 e. The number of halogens is 3. The number of nitrogen functional groups attached to an aromatic ring is 1. The van der Waals surface area contributed by atoms with Gasteiger partial charge in [0.1, 0.15) is 11.3 Å². The van der Waals surface area contributed by atoms with Crippen molar-refractivity contribution in [3.8, 4) is 5.69 Å². The van der Waals surface area contributed by atoms with E-state index in [1.807, 2.05) is 0 Å². The highest BCUT2D eigenvalue weighted by molar-refractivity contribution is 5.98. The predicted octanol–water partition coefficient (Wildman–Crippen LogP) is 3.03. The summed E-state index contributed by atoms with van der Waals surface area (Å²) in [5, 5.41) is 4.42. The van der Waals surface area contributed by atoms with Gasteiger partial charge in [-0.05, 0) is 31.5 Å². The number of benzene rings is 1. The SMILES string of the molecule is CC(=O)c1cnc(N)nc1N1CCC1c1nn2ccc(C(F)(F)F)c2c(=O)n1-c1ccccc1. The summed E-state index contributed by atoms with van der Waals surface area (Å²) >= 11 is 0. The van der Waals surface area contributed by atoms with E-state index in [4.69, 9.17) is 5.73 Å². The number of hydrogen-bond acceptors (Lipinski definition) is 7. The van der Waals surface area contributed by atoms with Gasteiger partial charge in [-0.2, -0.15) is 23.3 Å². The van der Waals surface area contributed by atoms with Crippen LogP contribution in [0.4, 0.5) is 24.9 Å². The third-order valence-corrected chi connectivity index (χ3v) is 5.79. The molecule has 5 rings (SSSR count). The van der Waals surface area contributed by atoms with Crippen LogP contribution in [0.5, 0.6) is 0 Å². The maximum atomic E-state index is 13.6. The monoisotopic (exact) mass is 469 g/mol. The fourth-order valence-electron chi connectivity index (χ4n) is 4.12. The average Bonchev–Trinajstić information content (AvgIpc) is 3.19. The highest BCUT2D eigenvalue weighted by Crippen LogP contribution is 2.39. The van der Waals surface area contributed by atoms with Crippen LogP contribution in [-0.2, 0) is 6.18 Å². The lowest BCUT2D eigenvalue weighted by Crippen LogP contribution is -2.46. The highest BCUT2D eigenvalue weighted by atomic mass is 19.4. The summed E-state index contributed by atoms with van der Waals surface area (Å²) in [6.07, 6.45) is -1.74. The number of fused-ring (bicyclic) bond motifs is 1. The van der Waals surface area contributed by atoms with Crippen molar-refractivity contribution in [2.45, 2.75) is 25.6 Å². The summed E-state index contributed by atoms with van der Waals surface area (Å²) in [6, 6.07) is 8.61. The Hall–Kier alpha value is -4.22. The molecule has 34 heavy (non-hydrogen) atoms. The van der Waals surface area contributed by atoms with Crippen molar-refractivity contribution in [1.29, 1.82) is 0 Å². The lowest BCUT2D eigenvalue weighted by atomic mass is 10.00. The molecule has 12 heteroatoms. The van der Waals surface area contributed by atoms with Crippen molar-refractivity contribution >= 4 is 23.1 Å². The molecule has 1 aliphatic rings. The van der Waals surface area contributed by atoms with E-state index in [9.17, 15) is 22.8 Å². The second-order valence-corrected chi connectivity index (χ2v) is 7.87. The number of ketones is 1. The molecule has 1 fully saturated rings. The number of nitrogens with two attached hydrogens (primary N) is 1. The molecule has 1 saturated heterocycles. The molecule has 0 aliphatic carbocycles. The minimum absolute atomic E-state index is 0.0326. The van der Waals surface area contributed by atoms with Gasteiger partial charge in [-0.1, -0.05) is 18.2 Å². The quantitative estimate of drug-likeness (QED) is 0.457. The number of para-hydroxylation sites is 1. The first-order chi connectivity index (χ1) is 16.2. The Labute approximate surface area is 190 Å². The zero-order valence-corrected chi connectivity index (χ0v) is 17.8. The first-order valence-electron chi connectivity index (χ1n) is 10.3. The van der Waals surface area contributed by atoms with Gasteiger partial charge in [0.05, 0.1) is 22.9 Å². The van der Waals surface area contributed by atoms with E-state index in [1.165, 1.54) is 17.7 Å². The summed E-state index contributed by atoms with van der Waals surface area (Å²) in [4.78, 5) is 35.5. The third kappa shape index (κ3) is 3.38. The number of alkyl halides is 3. The molecule has 3 aromatic heterocycles. The van der Waals surface area contributed by atoms with Crippen LogP contribution in [0.2, 0.25) is 0 Å². The summed E-state index contributed by atoms with van der Waals surface area (Å²) in [5.41, 5.74) is 3.88. The van der Waals surface area contributed by atoms with Crippen LogP contribution in [0.3, 0.4) is 0 Å². The number of aromatic nitrogens is 5. The van der Waals surface area contributed by atoms with Crippen molar-refractivity contribution in [2.75, 3.05) is 17.2 Å². The Morgan fingerprint density at radius 3 is 2.53 bits per heavy atom. The van der Waals surface area contributed by atoms with Crippen LogP contribution < -0.4 is 16.2 Å². The highest BCUT2D eigenvalue weighted by Gasteiger charge is 2.39. The summed E-state index contributed by atoms with van der Waals surface area (Å²) in [7, 11) is 0. The van der Waals surface area contributed by atoms with Crippen molar-refractivity contribution in [2.24, 2.45) is 0 Å². The molecule has 1 aliphatic heterocycles. The molecule has 174 valence electrons. The van der Waals surface area contributed by atoms with Crippen molar-refractivity contribution in [1.82, 2.24) is 24.1 Å². The van der Waals surface area contributed by atoms with Gasteiger partial charge in [0.2, 0.25) is 5.95 Å². The molecule has 1 aromatic carbocycles. The Kier molecular flexibility index (Phi) is 4.88. The smallest absolute Gasteiger partial charge is 0.368 e. The Bertz CT molecular complexity index is 1480. The van der Waals surface area contributed by atoms with Crippen LogP contribution >= 0.6 is 0 Å². The van der Waals surface area contributed by atoms with Gasteiger partial charge in [0.25, 0.3) is 5.56 Å². The fraction of sp³-hybridized carbons (Fsp3) is 0.227. The summed E-state index contributed by atoms with van der Waals surface area (Å²) in [5.74, 6) is 0.194. The van der Waals surface area contributed by atoms with Crippen molar-refractivity contribution < 1.29 is 18.0 Å². The van der Waals surface area contributed by atoms with E-state index in [-0.39, 0.29) is 28.9 Å². The average molecular weight is 469 g/mol. The molecular formula is C22H18F3N7O2. The second kappa shape index (κ2) is 7.68. The number of carbonyl (C=O) groups excluding carboxylic acids is 1. The molecule has 0 bridgehead atoms. The second-order valence-electron chi connectivity index (χ2n) is 7.87. The molecule has 1 atom stereocenters. The zero-order valence-electron chi connectivity index (χ0n) is 17.8. The molecule has 9 nitrogen and oxygen atoms in total. The number of Topliss-reactive ketones (excluding diaryl/α,β-unsaturated/α-hetero) is 1. The Balaban J connectivity index is 1.74. The lowest BCUT2D eigenvalue weighted by molar-refractivity contribution is -0.136. The van der Waals surface area contributed by atoms with Gasteiger partial charge in [-0.3, -0.25) is 14.2 Å².